The standard InChI is InChI=1S/C16H15F2N3O5S/c1-25-14(24)7-10-6-12(22)21-16(20-10)27-8-13(23)19-9-2-4-11(5-3-9)26-15(17)18/h2-6,15H,7-8H2,1H3,(H,19,23)(H,20,21,22). The predicted octanol–water partition coefficient (Wildman–Crippen LogP) is 1.82. The second-order valence-electron chi connectivity index (χ2n) is 5.03. The molecule has 8 nitrogen and oxygen atoms in total. The van der Waals surface area contributed by atoms with Gasteiger partial charge in [-0.25, -0.2) is 4.98 Å². The average molecular weight is 399 g/mol. The minimum Gasteiger partial charge on any atom is -0.469 e. The van der Waals surface area contributed by atoms with Crippen molar-refractivity contribution in [1.29, 1.82) is 0 Å². The molecular weight excluding hydrogens is 384 g/mol. The first kappa shape index (κ1) is 20.4. The number of ether oxygens (including phenoxy) is 2. The maximum Gasteiger partial charge on any atom is 0.387 e. The first-order chi connectivity index (χ1) is 12.9. The summed E-state index contributed by atoms with van der Waals surface area (Å²) in [6.45, 7) is -2.92. The number of benzene rings is 1. The summed E-state index contributed by atoms with van der Waals surface area (Å²) < 4.78 is 32.9. The second-order valence-corrected chi connectivity index (χ2v) is 6.00. The summed E-state index contributed by atoms with van der Waals surface area (Å²) in [7, 11) is 1.22. The van der Waals surface area contributed by atoms with Gasteiger partial charge in [0.05, 0.1) is 25.0 Å². The Hall–Kier alpha value is -2.95. The van der Waals surface area contributed by atoms with Crippen LogP contribution >= 0.6 is 11.8 Å². The number of aromatic amines is 1. The van der Waals surface area contributed by atoms with Gasteiger partial charge in [-0.1, -0.05) is 11.8 Å². The molecule has 0 unspecified atom stereocenters. The van der Waals surface area contributed by atoms with Gasteiger partial charge in [-0.05, 0) is 24.3 Å². The van der Waals surface area contributed by atoms with Crippen molar-refractivity contribution in [2.45, 2.75) is 18.2 Å². The van der Waals surface area contributed by atoms with Crippen LogP contribution in [0.3, 0.4) is 0 Å². The third-order valence-corrected chi connectivity index (χ3v) is 3.90. The van der Waals surface area contributed by atoms with Gasteiger partial charge in [-0.2, -0.15) is 8.78 Å². The van der Waals surface area contributed by atoms with E-state index in [4.69, 9.17) is 0 Å². The van der Waals surface area contributed by atoms with E-state index in [0.29, 0.717) is 5.69 Å². The van der Waals surface area contributed by atoms with Crippen LogP contribution in [-0.4, -0.2) is 41.3 Å². The normalized spacial score (nSPS) is 10.5. The van der Waals surface area contributed by atoms with E-state index in [0.717, 1.165) is 11.8 Å². The lowest BCUT2D eigenvalue weighted by Gasteiger charge is -2.07. The van der Waals surface area contributed by atoms with Gasteiger partial charge in [-0.15, -0.1) is 0 Å². The SMILES string of the molecule is COC(=O)Cc1cc(=O)[nH]c(SCC(=O)Nc2ccc(OC(F)F)cc2)n1. The molecule has 1 heterocycles. The van der Waals surface area contributed by atoms with Crippen molar-refractivity contribution in [3.05, 3.63) is 46.4 Å². The van der Waals surface area contributed by atoms with Gasteiger partial charge in [0.25, 0.3) is 5.56 Å². The van der Waals surface area contributed by atoms with Crippen molar-refractivity contribution in [3.63, 3.8) is 0 Å². The van der Waals surface area contributed by atoms with E-state index in [1.54, 1.807) is 0 Å². The Morgan fingerprint density at radius 1 is 1.30 bits per heavy atom. The zero-order valence-electron chi connectivity index (χ0n) is 14.0. The maximum atomic E-state index is 12.1. The van der Waals surface area contributed by atoms with E-state index in [9.17, 15) is 23.2 Å². The maximum absolute atomic E-state index is 12.1. The van der Waals surface area contributed by atoms with Crippen LogP contribution < -0.4 is 15.6 Å². The molecule has 0 aliphatic rings. The smallest absolute Gasteiger partial charge is 0.387 e. The molecule has 1 aromatic heterocycles. The number of H-pyrrole nitrogens is 1. The van der Waals surface area contributed by atoms with Crippen LogP contribution in [0, 0.1) is 0 Å². The second kappa shape index (κ2) is 9.67. The number of anilines is 1. The first-order valence-corrected chi connectivity index (χ1v) is 8.49. The van der Waals surface area contributed by atoms with Crippen LogP contribution in [0.25, 0.3) is 0 Å². The number of nitrogens with zero attached hydrogens (tertiary/aromatic N) is 1. The van der Waals surface area contributed by atoms with Crippen molar-refractivity contribution < 1.29 is 27.8 Å². The zero-order chi connectivity index (χ0) is 19.8. The van der Waals surface area contributed by atoms with Crippen molar-refractivity contribution in [3.8, 4) is 5.75 Å². The summed E-state index contributed by atoms with van der Waals surface area (Å²) in [5.74, 6) is -1.04. The van der Waals surface area contributed by atoms with Crippen molar-refractivity contribution in [1.82, 2.24) is 9.97 Å². The van der Waals surface area contributed by atoms with E-state index < -0.39 is 24.0 Å². The quantitative estimate of drug-likeness (QED) is 0.396. The van der Waals surface area contributed by atoms with E-state index in [-0.39, 0.29) is 28.8 Å². The summed E-state index contributed by atoms with van der Waals surface area (Å²) in [5, 5.41) is 2.74. The molecule has 0 saturated carbocycles. The number of alkyl halides is 2. The van der Waals surface area contributed by atoms with Crippen LogP contribution in [0.1, 0.15) is 5.69 Å². The highest BCUT2D eigenvalue weighted by Crippen LogP contribution is 2.18. The lowest BCUT2D eigenvalue weighted by atomic mass is 10.3. The van der Waals surface area contributed by atoms with Crippen LogP contribution in [0.4, 0.5) is 14.5 Å². The fourth-order valence-corrected chi connectivity index (χ4v) is 2.61. The van der Waals surface area contributed by atoms with Gasteiger partial charge in [0, 0.05) is 11.8 Å². The van der Waals surface area contributed by atoms with E-state index in [1.807, 2.05) is 0 Å². The molecule has 11 heteroatoms. The van der Waals surface area contributed by atoms with Crippen LogP contribution in [-0.2, 0) is 20.7 Å². The molecular formula is C16H15F2N3O5S. The number of esters is 1. The Labute approximate surface area is 156 Å². The highest BCUT2D eigenvalue weighted by atomic mass is 32.2. The molecule has 0 atom stereocenters. The Morgan fingerprint density at radius 2 is 2.00 bits per heavy atom. The molecule has 0 spiro atoms. The molecule has 144 valence electrons. The molecule has 0 aliphatic heterocycles. The number of carbonyl (C=O) groups excluding carboxylic acids is 2. The fraction of sp³-hybridized carbons (Fsp3) is 0.250. The third kappa shape index (κ3) is 7.05. The average Bonchev–Trinajstić information content (AvgIpc) is 2.60. The highest BCUT2D eigenvalue weighted by Gasteiger charge is 2.10. The number of amides is 1. The van der Waals surface area contributed by atoms with Crippen molar-refractivity contribution >= 4 is 29.3 Å². The third-order valence-electron chi connectivity index (χ3n) is 3.03. The lowest BCUT2D eigenvalue weighted by molar-refractivity contribution is -0.139. The topological polar surface area (TPSA) is 110 Å². The fourth-order valence-electron chi connectivity index (χ4n) is 1.91. The van der Waals surface area contributed by atoms with Crippen LogP contribution in [0.15, 0.2) is 40.3 Å². The number of hydrogen-bond acceptors (Lipinski definition) is 7. The minimum atomic E-state index is -2.92. The molecule has 0 saturated heterocycles. The van der Waals surface area contributed by atoms with Crippen LogP contribution in [0.5, 0.6) is 5.75 Å². The minimum absolute atomic E-state index is 0.0263. The number of rotatable bonds is 8. The Balaban J connectivity index is 1.91. The highest BCUT2D eigenvalue weighted by molar-refractivity contribution is 7.99. The van der Waals surface area contributed by atoms with Gasteiger partial charge in [0.2, 0.25) is 5.91 Å². The number of nitrogens with one attached hydrogen (secondary N) is 2. The number of aromatic nitrogens is 2. The summed E-state index contributed by atoms with van der Waals surface area (Å²) >= 11 is 0.968. The molecule has 2 rings (SSSR count). The molecule has 0 bridgehead atoms. The summed E-state index contributed by atoms with van der Waals surface area (Å²) in [5.41, 5.74) is 0.160. The number of methoxy groups -OCH3 is 1. The van der Waals surface area contributed by atoms with E-state index in [1.165, 1.54) is 37.4 Å². The Morgan fingerprint density at radius 3 is 2.63 bits per heavy atom. The van der Waals surface area contributed by atoms with Crippen LogP contribution in [0.2, 0.25) is 0 Å². The summed E-state index contributed by atoms with van der Waals surface area (Å²) in [4.78, 5) is 41.4. The van der Waals surface area contributed by atoms with Gasteiger partial charge in [0.15, 0.2) is 5.16 Å². The molecule has 1 aromatic carbocycles. The van der Waals surface area contributed by atoms with E-state index >= 15 is 0 Å². The lowest BCUT2D eigenvalue weighted by Crippen LogP contribution is -2.17. The zero-order valence-corrected chi connectivity index (χ0v) is 14.8. The largest absolute Gasteiger partial charge is 0.469 e. The van der Waals surface area contributed by atoms with Gasteiger partial charge in [0.1, 0.15) is 5.75 Å². The number of halogens is 2. The summed E-state index contributed by atoms with van der Waals surface area (Å²) in [6.07, 6.45) is -0.160. The summed E-state index contributed by atoms with van der Waals surface area (Å²) in [6, 6.07) is 6.59. The van der Waals surface area contributed by atoms with Gasteiger partial charge >= 0.3 is 12.6 Å². The number of thioether (sulfide) groups is 1. The first-order valence-electron chi connectivity index (χ1n) is 7.50. The molecule has 2 N–H and O–H groups in total. The molecule has 0 aliphatic carbocycles. The van der Waals surface area contributed by atoms with Crippen molar-refractivity contribution in [2.75, 3.05) is 18.2 Å². The van der Waals surface area contributed by atoms with Gasteiger partial charge in [-0.3, -0.25) is 14.4 Å². The molecule has 0 fully saturated rings. The molecule has 1 amide bonds. The monoisotopic (exact) mass is 399 g/mol. The Kier molecular flexibility index (Phi) is 7.29. The predicted molar refractivity (Wildman–Crippen MR) is 93.0 cm³/mol. The molecule has 2 aromatic rings. The Bertz CT molecular complexity index is 858. The molecule has 0 radical (unpaired) electrons. The number of hydrogen-bond donors (Lipinski definition) is 2. The van der Waals surface area contributed by atoms with Gasteiger partial charge < -0.3 is 19.8 Å². The molecule has 27 heavy (non-hydrogen) atoms. The van der Waals surface area contributed by atoms with E-state index in [2.05, 4.69) is 24.8 Å². The van der Waals surface area contributed by atoms with Crippen molar-refractivity contribution in [2.24, 2.45) is 0 Å². The number of carbonyl (C=O) groups is 2.